The standard InChI is InChI=1S/C30H46O4/c1-19(2)9-8-14-28(7)30(33)18-17-27(6)21-10-11-22-25(3,4)23(31)13-15-26(22,5)20(21)12-16-29(27,30)24(32)34-28/h8,12,14,19,21-23,31,33H,9-11,13,15-18H2,1-7H3/b14-8+/t21?,22-,23-,26+,27-,28-,29+,30-/m0/s1. The molecule has 1 aliphatic heterocycles. The largest absolute Gasteiger partial charge is 0.451 e. The van der Waals surface area contributed by atoms with E-state index in [1.54, 1.807) is 0 Å². The first kappa shape index (κ1) is 24.6. The SMILES string of the molecule is CC(C)C/C=C/[C@]1(C)OC(=O)[C@]23CC=C4C(CC[C@H]5C(C)(C)[C@@H](O)CC[C@]45C)[C@]2(C)CC[C@@]31O. The quantitative estimate of drug-likeness (QED) is 0.394. The molecule has 3 saturated carbocycles. The van der Waals surface area contributed by atoms with Crippen molar-refractivity contribution in [2.75, 3.05) is 0 Å². The minimum absolute atomic E-state index is 0.0416. The molecule has 34 heavy (non-hydrogen) atoms. The van der Waals surface area contributed by atoms with Gasteiger partial charge in [-0.05, 0) is 98.4 Å². The maximum atomic E-state index is 13.8. The van der Waals surface area contributed by atoms with Crippen molar-refractivity contribution < 1.29 is 19.7 Å². The molecule has 1 unspecified atom stereocenters. The second-order valence-electron chi connectivity index (χ2n) is 14.1. The number of aliphatic hydroxyl groups excluding tert-OH is 1. The number of rotatable bonds is 3. The summed E-state index contributed by atoms with van der Waals surface area (Å²) in [5, 5.41) is 23.2. The molecule has 0 bridgehead atoms. The molecule has 4 heteroatoms. The molecule has 4 fully saturated rings. The lowest BCUT2D eigenvalue weighted by atomic mass is 9.40. The number of esters is 1. The Labute approximate surface area is 206 Å². The first-order valence-corrected chi connectivity index (χ1v) is 13.7. The second-order valence-corrected chi connectivity index (χ2v) is 14.1. The molecule has 5 aliphatic rings. The van der Waals surface area contributed by atoms with Crippen molar-refractivity contribution in [3.63, 3.8) is 0 Å². The molecule has 1 saturated heterocycles. The molecule has 4 nitrogen and oxygen atoms in total. The Morgan fingerprint density at radius 1 is 1.09 bits per heavy atom. The van der Waals surface area contributed by atoms with E-state index in [1.165, 1.54) is 5.57 Å². The number of carbonyl (C=O) groups excluding carboxylic acids is 1. The van der Waals surface area contributed by atoms with Gasteiger partial charge in [-0.15, -0.1) is 0 Å². The molecule has 1 spiro atoms. The maximum Gasteiger partial charge on any atom is 0.317 e. The highest BCUT2D eigenvalue weighted by Crippen LogP contribution is 2.76. The van der Waals surface area contributed by atoms with Gasteiger partial charge >= 0.3 is 5.97 Å². The van der Waals surface area contributed by atoms with Crippen LogP contribution in [0.3, 0.4) is 0 Å². The number of fused-ring (bicyclic) bond motifs is 4. The van der Waals surface area contributed by atoms with Gasteiger partial charge in [-0.25, -0.2) is 0 Å². The lowest BCUT2D eigenvalue weighted by Crippen LogP contribution is -2.63. The average molecular weight is 471 g/mol. The predicted octanol–water partition coefficient (Wildman–Crippen LogP) is 5.97. The third kappa shape index (κ3) is 2.65. The highest BCUT2D eigenvalue weighted by atomic mass is 16.6. The summed E-state index contributed by atoms with van der Waals surface area (Å²) in [7, 11) is 0. The summed E-state index contributed by atoms with van der Waals surface area (Å²) in [6, 6.07) is 0. The zero-order valence-electron chi connectivity index (χ0n) is 22.4. The number of hydrogen-bond acceptors (Lipinski definition) is 4. The van der Waals surface area contributed by atoms with Crippen molar-refractivity contribution in [3.05, 3.63) is 23.8 Å². The molecule has 190 valence electrons. The lowest BCUT2D eigenvalue weighted by molar-refractivity contribution is -0.164. The molecular weight excluding hydrogens is 424 g/mol. The Balaban J connectivity index is 1.58. The molecule has 2 N–H and O–H groups in total. The zero-order valence-corrected chi connectivity index (χ0v) is 22.4. The van der Waals surface area contributed by atoms with Crippen molar-refractivity contribution in [1.82, 2.24) is 0 Å². The first-order chi connectivity index (χ1) is 15.7. The number of cyclic esters (lactones) is 1. The smallest absolute Gasteiger partial charge is 0.317 e. The van der Waals surface area contributed by atoms with E-state index in [2.05, 4.69) is 53.7 Å². The molecular formula is C30H46O4. The monoisotopic (exact) mass is 470 g/mol. The van der Waals surface area contributed by atoms with Crippen LogP contribution in [0, 0.1) is 39.4 Å². The Kier molecular flexibility index (Phi) is 5.21. The van der Waals surface area contributed by atoms with Crippen molar-refractivity contribution in [3.8, 4) is 0 Å². The van der Waals surface area contributed by atoms with Gasteiger partial charge in [-0.3, -0.25) is 4.79 Å². The number of carbonyl (C=O) groups is 1. The first-order valence-electron chi connectivity index (χ1n) is 13.7. The van der Waals surface area contributed by atoms with Crippen LogP contribution in [0.15, 0.2) is 23.8 Å². The van der Waals surface area contributed by atoms with E-state index in [9.17, 15) is 15.0 Å². The highest BCUT2D eigenvalue weighted by Gasteiger charge is 2.82. The number of ether oxygens (including phenoxy) is 1. The minimum atomic E-state index is -1.19. The zero-order chi connectivity index (χ0) is 24.9. The highest BCUT2D eigenvalue weighted by molar-refractivity contribution is 5.86. The molecule has 0 aromatic rings. The van der Waals surface area contributed by atoms with Gasteiger partial charge < -0.3 is 14.9 Å². The average Bonchev–Trinajstić information content (AvgIpc) is 3.09. The van der Waals surface area contributed by atoms with Gasteiger partial charge in [0.15, 0.2) is 5.60 Å². The summed E-state index contributed by atoms with van der Waals surface area (Å²) >= 11 is 0. The van der Waals surface area contributed by atoms with Crippen LogP contribution in [0.4, 0.5) is 0 Å². The van der Waals surface area contributed by atoms with Crippen LogP contribution in [0.5, 0.6) is 0 Å². The Bertz CT molecular complexity index is 947. The fourth-order valence-electron chi connectivity index (χ4n) is 9.73. The Hall–Kier alpha value is -1.13. The molecule has 8 atom stereocenters. The summed E-state index contributed by atoms with van der Waals surface area (Å²) in [5.41, 5.74) is -1.96. The van der Waals surface area contributed by atoms with Crippen LogP contribution < -0.4 is 0 Å². The van der Waals surface area contributed by atoms with E-state index >= 15 is 0 Å². The molecule has 4 aliphatic carbocycles. The van der Waals surface area contributed by atoms with Crippen LogP contribution in [-0.4, -0.2) is 33.5 Å². The summed E-state index contributed by atoms with van der Waals surface area (Å²) < 4.78 is 6.15. The maximum absolute atomic E-state index is 13.8. The van der Waals surface area contributed by atoms with Gasteiger partial charge in [0.1, 0.15) is 11.0 Å². The van der Waals surface area contributed by atoms with Crippen LogP contribution in [-0.2, 0) is 9.53 Å². The number of hydrogen-bond donors (Lipinski definition) is 2. The van der Waals surface area contributed by atoms with E-state index in [4.69, 9.17) is 4.74 Å². The van der Waals surface area contributed by atoms with Crippen LogP contribution >= 0.6 is 0 Å². The van der Waals surface area contributed by atoms with Gasteiger partial charge in [-0.2, -0.15) is 0 Å². The van der Waals surface area contributed by atoms with E-state index in [0.29, 0.717) is 24.7 Å². The van der Waals surface area contributed by atoms with Gasteiger partial charge in [0.05, 0.1) is 6.10 Å². The van der Waals surface area contributed by atoms with Gasteiger partial charge in [0, 0.05) is 0 Å². The fraction of sp³-hybridized carbons (Fsp3) is 0.833. The van der Waals surface area contributed by atoms with Crippen LogP contribution in [0.1, 0.15) is 99.8 Å². The van der Waals surface area contributed by atoms with Crippen molar-refractivity contribution in [2.45, 2.75) is 117 Å². The molecule has 0 radical (unpaired) electrons. The van der Waals surface area contributed by atoms with E-state index in [1.807, 2.05) is 13.0 Å². The minimum Gasteiger partial charge on any atom is -0.451 e. The molecule has 1 heterocycles. The predicted molar refractivity (Wildman–Crippen MR) is 134 cm³/mol. The fourth-order valence-corrected chi connectivity index (χ4v) is 9.73. The van der Waals surface area contributed by atoms with E-state index in [-0.39, 0.29) is 34.2 Å². The lowest BCUT2D eigenvalue weighted by Gasteiger charge is -2.63. The van der Waals surface area contributed by atoms with Gasteiger partial charge in [-0.1, -0.05) is 59.3 Å². The van der Waals surface area contributed by atoms with Crippen molar-refractivity contribution >= 4 is 5.97 Å². The van der Waals surface area contributed by atoms with E-state index < -0.39 is 16.6 Å². The van der Waals surface area contributed by atoms with Crippen molar-refractivity contribution in [1.29, 1.82) is 0 Å². The normalized spacial score (nSPS) is 51.5. The topological polar surface area (TPSA) is 66.8 Å². The van der Waals surface area contributed by atoms with Crippen LogP contribution in [0.25, 0.3) is 0 Å². The summed E-state index contributed by atoms with van der Waals surface area (Å²) in [4.78, 5) is 13.8. The molecule has 0 aromatic carbocycles. The van der Waals surface area contributed by atoms with E-state index in [0.717, 1.165) is 38.5 Å². The molecule has 0 aromatic heterocycles. The molecule has 0 amide bonds. The number of allylic oxidation sites excluding steroid dienone is 3. The van der Waals surface area contributed by atoms with Crippen LogP contribution in [0.2, 0.25) is 0 Å². The number of aliphatic hydroxyl groups is 2. The molecule has 5 rings (SSSR count). The summed E-state index contributed by atoms with van der Waals surface area (Å²) in [6.45, 7) is 15.4. The third-order valence-corrected chi connectivity index (χ3v) is 11.8. The summed E-state index contributed by atoms with van der Waals surface area (Å²) in [6.07, 6.45) is 13.0. The third-order valence-electron chi connectivity index (χ3n) is 11.8. The van der Waals surface area contributed by atoms with Crippen molar-refractivity contribution in [2.24, 2.45) is 39.4 Å². The van der Waals surface area contributed by atoms with Gasteiger partial charge in [0.25, 0.3) is 0 Å². The summed E-state index contributed by atoms with van der Waals surface area (Å²) in [5.74, 6) is 1.03. The Morgan fingerprint density at radius 2 is 1.79 bits per heavy atom. The van der Waals surface area contributed by atoms with Gasteiger partial charge in [0.2, 0.25) is 0 Å². The second kappa shape index (κ2) is 7.22. The Morgan fingerprint density at radius 3 is 2.47 bits per heavy atom.